The van der Waals surface area contributed by atoms with Crippen LogP contribution in [0.2, 0.25) is 0 Å². The van der Waals surface area contributed by atoms with Gasteiger partial charge in [-0.2, -0.15) is 5.10 Å². The second kappa shape index (κ2) is 5.38. The van der Waals surface area contributed by atoms with Gasteiger partial charge in [-0.15, -0.1) is 11.3 Å². The number of hydrogen-bond donors (Lipinski definition) is 1. The van der Waals surface area contributed by atoms with Crippen LogP contribution >= 0.6 is 11.3 Å². The molecule has 6 heteroatoms. The number of aromatic nitrogens is 4. The largest absolute Gasteiger partial charge is 0.306 e. The predicted molar refractivity (Wildman–Crippen MR) is 81.0 cm³/mol. The Labute approximate surface area is 122 Å². The van der Waals surface area contributed by atoms with Gasteiger partial charge in [0.05, 0.1) is 17.9 Å². The van der Waals surface area contributed by atoms with Gasteiger partial charge in [0, 0.05) is 36.6 Å². The van der Waals surface area contributed by atoms with E-state index in [1.54, 1.807) is 11.3 Å². The van der Waals surface area contributed by atoms with Crippen molar-refractivity contribution >= 4 is 16.3 Å². The molecule has 3 rings (SSSR count). The third-order valence-corrected chi connectivity index (χ3v) is 4.39. The van der Waals surface area contributed by atoms with Crippen LogP contribution in [0.15, 0.2) is 30.2 Å². The second-order valence-corrected chi connectivity index (χ2v) is 6.11. The Morgan fingerprint density at radius 3 is 2.90 bits per heavy atom. The highest BCUT2D eigenvalue weighted by atomic mass is 32.1. The van der Waals surface area contributed by atoms with Crippen LogP contribution in [0.25, 0.3) is 4.96 Å². The number of fused-ring (bicyclic) bond motifs is 1. The lowest BCUT2D eigenvalue weighted by molar-refractivity contribution is 0.364. The molecule has 0 aliphatic heterocycles. The molecule has 0 spiro atoms. The number of imidazole rings is 1. The summed E-state index contributed by atoms with van der Waals surface area (Å²) in [6, 6.07) is 0.640. The quantitative estimate of drug-likeness (QED) is 0.785. The average Bonchev–Trinajstić information content (AvgIpc) is 3.10. The van der Waals surface area contributed by atoms with Crippen molar-refractivity contribution in [2.75, 3.05) is 0 Å². The molecule has 20 heavy (non-hydrogen) atoms. The minimum absolute atomic E-state index is 0.312. The van der Waals surface area contributed by atoms with Crippen molar-refractivity contribution in [1.29, 1.82) is 0 Å². The van der Waals surface area contributed by atoms with Crippen molar-refractivity contribution in [2.24, 2.45) is 0 Å². The lowest BCUT2D eigenvalue weighted by Gasteiger charge is -2.21. The summed E-state index contributed by atoms with van der Waals surface area (Å²) in [4.78, 5) is 5.62. The molecule has 5 nitrogen and oxygen atoms in total. The van der Waals surface area contributed by atoms with Crippen molar-refractivity contribution in [1.82, 2.24) is 24.5 Å². The Morgan fingerprint density at radius 1 is 1.35 bits per heavy atom. The molecule has 106 valence electrons. The minimum atomic E-state index is 0.312. The summed E-state index contributed by atoms with van der Waals surface area (Å²) in [5.74, 6) is 0. The molecule has 0 aliphatic rings. The fourth-order valence-electron chi connectivity index (χ4n) is 2.18. The highest BCUT2D eigenvalue weighted by Gasteiger charge is 2.14. The molecule has 3 aromatic heterocycles. The van der Waals surface area contributed by atoms with E-state index in [9.17, 15) is 0 Å². The standard InChI is InChI=1S/C14H19N5S/c1-10-6-16-19(8-10)12(3)11(2)15-7-13-9-18-4-5-20-14(18)17-13/h4-6,8-9,11-12,15H,7H2,1-3H3/t11-,12-/m1/s1. The monoisotopic (exact) mass is 289 g/mol. The van der Waals surface area contributed by atoms with Crippen molar-refractivity contribution in [2.45, 2.75) is 39.4 Å². The topological polar surface area (TPSA) is 47.2 Å². The van der Waals surface area contributed by atoms with E-state index in [2.05, 4.69) is 53.0 Å². The molecule has 1 N–H and O–H groups in total. The molecular weight excluding hydrogens is 270 g/mol. The SMILES string of the molecule is Cc1cnn([C@H](C)[C@@H](C)NCc2cn3ccsc3n2)c1. The summed E-state index contributed by atoms with van der Waals surface area (Å²) in [5.41, 5.74) is 2.27. The second-order valence-electron chi connectivity index (χ2n) is 5.23. The maximum atomic E-state index is 4.58. The van der Waals surface area contributed by atoms with Crippen molar-refractivity contribution in [3.63, 3.8) is 0 Å². The molecule has 0 aliphatic carbocycles. The molecule has 0 radical (unpaired) electrons. The molecule has 0 saturated heterocycles. The molecule has 0 fully saturated rings. The Bertz CT molecular complexity index is 667. The van der Waals surface area contributed by atoms with Crippen LogP contribution < -0.4 is 5.32 Å². The van der Waals surface area contributed by atoms with E-state index in [1.165, 1.54) is 5.56 Å². The number of nitrogens with one attached hydrogen (secondary N) is 1. The minimum Gasteiger partial charge on any atom is -0.306 e. The van der Waals surface area contributed by atoms with E-state index in [-0.39, 0.29) is 0 Å². The first-order valence-electron chi connectivity index (χ1n) is 6.78. The zero-order valence-corrected chi connectivity index (χ0v) is 12.8. The summed E-state index contributed by atoms with van der Waals surface area (Å²) < 4.78 is 4.07. The van der Waals surface area contributed by atoms with E-state index >= 15 is 0 Å². The predicted octanol–water partition coefficient (Wildman–Crippen LogP) is 2.64. The van der Waals surface area contributed by atoms with Crippen LogP contribution in [-0.4, -0.2) is 25.2 Å². The van der Waals surface area contributed by atoms with Crippen LogP contribution in [0.5, 0.6) is 0 Å². The van der Waals surface area contributed by atoms with Gasteiger partial charge in [-0.25, -0.2) is 4.98 Å². The Hall–Kier alpha value is -1.66. The molecule has 0 unspecified atom stereocenters. The number of aryl methyl sites for hydroxylation is 1. The maximum absolute atomic E-state index is 4.58. The van der Waals surface area contributed by atoms with Gasteiger partial charge < -0.3 is 5.32 Å². The van der Waals surface area contributed by atoms with Crippen LogP contribution in [0, 0.1) is 6.92 Å². The van der Waals surface area contributed by atoms with Crippen LogP contribution in [0.3, 0.4) is 0 Å². The van der Waals surface area contributed by atoms with Crippen molar-refractivity contribution < 1.29 is 0 Å². The van der Waals surface area contributed by atoms with Gasteiger partial charge in [0.2, 0.25) is 0 Å². The highest BCUT2D eigenvalue weighted by molar-refractivity contribution is 7.15. The summed E-state index contributed by atoms with van der Waals surface area (Å²) in [6.45, 7) is 7.20. The number of nitrogens with zero attached hydrogens (tertiary/aromatic N) is 4. The van der Waals surface area contributed by atoms with Gasteiger partial charge >= 0.3 is 0 Å². The van der Waals surface area contributed by atoms with E-state index < -0.39 is 0 Å². The van der Waals surface area contributed by atoms with Gasteiger partial charge in [0.1, 0.15) is 0 Å². The van der Waals surface area contributed by atoms with Gasteiger partial charge in [0.15, 0.2) is 4.96 Å². The normalized spacial score (nSPS) is 14.8. The Balaban J connectivity index is 1.61. The fraction of sp³-hybridized carbons (Fsp3) is 0.429. The molecule has 0 amide bonds. The van der Waals surface area contributed by atoms with Gasteiger partial charge in [-0.1, -0.05) is 0 Å². The molecule has 3 aromatic rings. The van der Waals surface area contributed by atoms with Crippen molar-refractivity contribution in [3.05, 3.63) is 41.4 Å². The highest BCUT2D eigenvalue weighted by Crippen LogP contribution is 2.13. The lowest BCUT2D eigenvalue weighted by atomic mass is 10.1. The van der Waals surface area contributed by atoms with Crippen LogP contribution in [0.1, 0.15) is 31.1 Å². The Morgan fingerprint density at radius 2 is 2.20 bits per heavy atom. The van der Waals surface area contributed by atoms with E-state index in [0.29, 0.717) is 12.1 Å². The lowest BCUT2D eigenvalue weighted by Crippen LogP contribution is -2.33. The summed E-state index contributed by atoms with van der Waals surface area (Å²) in [7, 11) is 0. The van der Waals surface area contributed by atoms with Crippen LogP contribution in [-0.2, 0) is 6.54 Å². The molecule has 0 aromatic carbocycles. The number of thiazole rings is 1. The third-order valence-electron chi connectivity index (χ3n) is 3.62. The van der Waals surface area contributed by atoms with Gasteiger partial charge in [-0.05, 0) is 26.3 Å². The smallest absolute Gasteiger partial charge is 0.193 e. The van der Waals surface area contributed by atoms with Crippen LogP contribution in [0.4, 0.5) is 0 Å². The van der Waals surface area contributed by atoms with E-state index in [0.717, 1.165) is 17.2 Å². The van der Waals surface area contributed by atoms with E-state index in [1.807, 2.05) is 22.5 Å². The first kappa shape index (κ1) is 13.3. The van der Waals surface area contributed by atoms with Crippen molar-refractivity contribution in [3.8, 4) is 0 Å². The first-order chi connectivity index (χ1) is 9.63. The first-order valence-corrected chi connectivity index (χ1v) is 7.66. The summed E-state index contributed by atoms with van der Waals surface area (Å²) >= 11 is 1.66. The number of hydrogen-bond acceptors (Lipinski definition) is 4. The van der Waals surface area contributed by atoms with Gasteiger partial charge in [-0.3, -0.25) is 9.08 Å². The fourth-order valence-corrected chi connectivity index (χ4v) is 2.90. The molecular formula is C14H19N5S. The number of rotatable bonds is 5. The summed E-state index contributed by atoms with van der Waals surface area (Å²) in [6.07, 6.45) is 8.09. The zero-order valence-electron chi connectivity index (χ0n) is 11.9. The third kappa shape index (κ3) is 2.62. The molecule has 2 atom stereocenters. The maximum Gasteiger partial charge on any atom is 0.193 e. The average molecular weight is 289 g/mol. The Kier molecular flexibility index (Phi) is 3.58. The molecule has 0 bridgehead atoms. The zero-order chi connectivity index (χ0) is 14.1. The summed E-state index contributed by atoms with van der Waals surface area (Å²) in [5, 5.41) is 9.95. The van der Waals surface area contributed by atoms with Gasteiger partial charge in [0.25, 0.3) is 0 Å². The molecule has 0 saturated carbocycles. The van der Waals surface area contributed by atoms with E-state index in [4.69, 9.17) is 0 Å². The molecule has 3 heterocycles.